The third-order valence-electron chi connectivity index (χ3n) is 1.90. The van der Waals surface area contributed by atoms with Crippen LogP contribution < -0.4 is 0 Å². The molecule has 5 nitrogen and oxygen atoms in total. The molecule has 88 valence electrons. The van der Waals surface area contributed by atoms with Crippen LogP contribution in [0.25, 0.3) is 0 Å². The van der Waals surface area contributed by atoms with Crippen molar-refractivity contribution in [2.24, 2.45) is 4.99 Å². The van der Waals surface area contributed by atoms with E-state index in [0.29, 0.717) is 0 Å². The van der Waals surface area contributed by atoms with Gasteiger partial charge in [0.05, 0.1) is 25.3 Å². The molecule has 0 aromatic rings. The molecule has 1 heterocycles. The predicted octanol–water partition coefficient (Wildman–Crippen LogP) is 1.14. The molecule has 0 aliphatic carbocycles. The van der Waals surface area contributed by atoms with E-state index in [1.54, 1.807) is 11.8 Å². The Morgan fingerprint density at radius 3 is 2.62 bits per heavy atom. The summed E-state index contributed by atoms with van der Waals surface area (Å²) in [5.74, 6) is -0.260. The van der Waals surface area contributed by atoms with Crippen LogP contribution in [0.1, 0.15) is 12.8 Å². The molecule has 0 aromatic heterocycles. The van der Waals surface area contributed by atoms with E-state index < -0.39 is 11.9 Å². The van der Waals surface area contributed by atoms with Gasteiger partial charge in [0, 0.05) is 0 Å². The summed E-state index contributed by atoms with van der Waals surface area (Å²) in [6, 6.07) is 0. The Morgan fingerprint density at radius 2 is 2.12 bits per heavy atom. The zero-order valence-corrected chi connectivity index (χ0v) is 10.0. The van der Waals surface area contributed by atoms with Crippen molar-refractivity contribution in [1.82, 2.24) is 0 Å². The molecule has 0 unspecified atom stereocenters. The van der Waals surface area contributed by atoms with Crippen LogP contribution in [-0.4, -0.2) is 37.0 Å². The molecule has 0 atom stereocenters. The minimum absolute atomic E-state index is 0.0150. The number of rotatable bonds is 3. The zero-order valence-electron chi connectivity index (χ0n) is 9.19. The fourth-order valence-corrected chi connectivity index (χ4v) is 2.10. The summed E-state index contributed by atoms with van der Waals surface area (Å²) >= 11 is 1.58. The molecule has 0 radical (unpaired) electrons. The highest BCUT2D eigenvalue weighted by atomic mass is 32.2. The lowest BCUT2D eigenvalue weighted by molar-refractivity contribution is -0.138. The Kier molecular flexibility index (Phi) is 5.04. The van der Waals surface area contributed by atoms with Crippen LogP contribution in [0, 0.1) is 0 Å². The molecule has 0 N–H and O–H groups in total. The van der Waals surface area contributed by atoms with E-state index in [1.807, 2.05) is 0 Å². The van der Waals surface area contributed by atoms with E-state index in [1.165, 1.54) is 14.2 Å². The zero-order chi connectivity index (χ0) is 12.0. The number of ether oxygens (including phenoxy) is 2. The van der Waals surface area contributed by atoms with Crippen LogP contribution >= 0.6 is 11.8 Å². The van der Waals surface area contributed by atoms with Crippen LogP contribution in [0.3, 0.4) is 0 Å². The van der Waals surface area contributed by atoms with Gasteiger partial charge >= 0.3 is 11.9 Å². The summed E-state index contributed by atoms with van der Waals surface area (Å²) in [5.41, 5.74) is -0.0150. The summed E-state index contributed by atoms with van der Waals surface area (Å²) in [4.78, 5) is 26.5. The molecule has 0 bridgehead atoms. The quantitative estimate of drug-likeness (QED) is 0.549. The lowest BCUT2D eigenvalue weighted by Gasteiger charge is -2.00. The maximum Gasteiger partial charge on any atom is 0.356 e. The summed E-state index contributed by atoms with van der Waals surface area (Å²) in [5, 5.41) is 0.848. The van der Waals surface area contributed by atoms with Crippen molar-refractivity contribution in [3.05, 3.63) is 11.8 Å². The molecule has 1 aliphatic heterocycles. The lowest BCUT2D eigenvalue weighted by atomic mass is 10.3. The van der Waals surface area contributed by atoms with Crippen LogP contribution in [0.15, 0.2) is 16.8 Å². The van der Waals surface area contributed by atoms with Crippen molar-refractivity contribution in [2.75, 3.05) is 20.0 Å². The van der Waals surface area contributed by atoms with Crippen molar-refractivity contribution in [3.63, 3.8) is 0 Å². The number of carbonyl (C=O) groups is 2. The SMILES string of the molecule is COC(=O)C=C(N=C1CCCS1)C(=O)OC. The number of carbonyl (C=O) groups excluding carboxylic acids is 2. The van der Waals surface area contributed by atoms with Gasteiger partial charge in [-0.2, -0.15) is 0 Å². The number of esters is 2. The van der Waals surface area contributed by atoms with Crippen molar-refractivity contribution >= 4 is 28.7 Å². The molecule has 1 fully saturated rings. The first-order valence-electron chi connectivity index (χ1n) is 4.75. The summed E-state index contributed by atoms with van der Waals surface area (Å²) in [6.45, 7) is 0. The highest BCUT2D eigenvalue weighted by Gasteiger charge is 2.15. The lowest BCUT2D eigenvalue weighted by Crippen LogP contribution is -2.07. The van der Waals surface area contributed by atoms with Gasteiger partial charge in [-0.15, -0.1) is 11.8 Å². The number of aliphatic imine (C=N–C) groups is 1. The second-order valence-electron chi connectivity index (χ2n) is 3.00. The highest BCUT2D eigenvalue weighted by Crippen LogP contribution is 2.22. The second kappa shape index (κ2) is 6.32. The largest absolute Gasteiger partial charge is 0.466 e. The first-order valence-corrected chi connectivity index (χ1v) is 5.74. The van der Waals surface area contributed by atoms with Crippen molar-refractivity contribution in [2.45, 2.75) is 12.8 Å². The Labute approximate surface area is 97.9 Å². The van der Waals surface area contributed by atoms with Gasteiger partial charge in [-0.3, -0.25) is 0 Å². The smallest absolute Gasteiger partial charge is 0.356 e. The number of thioether (sulfide) groups is 1. The average Bonchev–Trinajstić information content (AvgIpc) is 2.79. The molecule has 0 aromatic carbocycles. The standard InChI is InChI=1S/C10H13NO4S/c1-14-9(12)6-7(10(13)15-2)11-8-4-3-5-16-8/h6H,3-5H2,1-2H3. The van der Waals surface area contributed by atoms with Gasteiger partial charge in [-0.05, 0) is 18.6 Å². The maximum atomic E-state index is 11.3. The monoisotopic (exact) mass is 243 g/mol. The molecule has 1 saturated heterocycles. The predicted molar refractivity (Wildman–Crippen MR) is 61.2 cm³/mol. The molecular weight excluding hydrogens is 230 g/mol. The van der Waals surface area contributed by atoms with Gasteiger partial charge in [-0.1, -0.05) is 0 Å². The molecule has 0 amide bonds. The average molecular weight is 243 g/mol. The third kappa shape index (κ3) is 3.69. The molecule has 0 spiro atoms. The fraction of sp³-hybridized carbons (Fsp3) is 0.500. The van der Waals surface area contributed by atoms with Crippen molar-refractivity contribution in [3.8, 4) is 0 Å². The third-order valence-corrected chi connectivity index (χ3v) is 3.02. The number of nitrogens with zero attached hydrogens (tertiary/aromatic N) is 1. The Bertz CT molecular complexity index is 341. The van der Waals surface area contributed by atoms with Crippen molar-refractivity contribution < 1.29 is 19.1 Å². The minimum atomic E-state index is -0.634. The van der Waals surface area contributed by atoms with E-state index >= 15 is 0 Å². The molecule has 6 heteroatoms. The summed E-state index contributed by atoms with van der Waals surface area (Å²) in [7, 11) is 2.49. The van der Waals surface area contributed by atoms with Crippen LogP contribution in [0.4, 0.5) is 0 Å². The van der Waals surface area contributed by atoms with E-state index in [4.69, 9.17) is 0 Å². The Balaban J connectivity index is 2.86. The Hall–Kier alpha value is -1.30. The second-order valence-corrected chi connectivity index (χ2v) is 4.17. The molecule has 1 rings (SSSR count). The van der Waals surface area contributed by atoms with Gasteiger partial charge in [0.2, 0.25) is 0 Å². The molecule has 1 aliphatic rings. The fourth-order valence-electron chi connectivity index (χ4n) is 1.12. The van der Waals surface area contributed by atoms with Crippen LogP contribution in [-0.2, 0) is 19.1 Å². The van der Waals surface area contributed by atoms with Crippen molar-refractivity contribution in [1.29, 1.82) is 0 Å². The summed E-state index contributed by atoms with van der Waals surface area (Å²) < 4.78 is 8.98. The van der Waals surface area contributed by atoms with Crippen LogP contribution in [0.2, 0.25) is 0 Å². The van der Waals surface area contributed by atoms with Gasteiger partial charge < -0.3 is 9.47 Å². The maximum absolute atomic E-state index is 11.3. The molecule has 0 saturated carbocycles. The van der Waals surface area contributed by atoms with Crippen LogP contribution in [0.5, 0.6) is 0 Å². The number of methoxy groups -OCH3 is 2. The van der Waals surface area contributed by atoms with E-state index in [-0.39, 0.29) is 5.70 Å². The Morgan fingerprint density at radius 1 is 1.38 bits per heavy atom. The normalized spacial score (nSPS) is 18.6. The molecular formula is C10H13NO4S. The van der Waals surface area contributed by atoms with Gasteiger partial charge in [-0.25, -0.2) is 14.6 Å². The van der Waals surface area contributed by atoms with Gasteiger partial charge in [0.15, 0.2) is 5.70 Å². The van der Waals surface area contributed by atoms with E-state index in [2.05, 4.69) is 14.5 Å². The topological polar surface area (TPSA) is 65.0 Å². The van der Waals surface area contributed by atoms with Gasteiger partial charge in [0.25, 0.3) is 0 Å². The van der Waals surface area contributed by atoms with E-state index in [9.17, 15) is 9.59 Å². The first-order chi connectivity index (χ1) is 7.67. The summed E-state index contributed by atoms with van der Waals surface area (Å²) in [6.07, 6.45) is 2.91. The first kappa shape index (κ1) is 12.8. The minimum Gasteiger partial charge on any atom is -0.466 e. The number of hydrogen-bond acceptors (Lipinski definition) is 6. The molecule has 16 heavy (non-hydrogen) atoms. The van der Waals surface area contributed by atoms with E-state index in [0.717, 1.165) is 29.7 Å². The highest BCUT2D eigenvalue weighted by molar-refractivity contribution is 8.14. The number of hydrogen-bond donors (Lipinski definition) is 0. The van der Waals surface area contributed by atoms with Gasteiger partial charge in [0.1, 0.15) is 0 Å².